The van der Waals surface area contributed by atoms with Gasteiger partial charge in [-0.25, -0.2) is 18.0 Å². The maximum atomic E-state index is 12.0. The van der Waals surface area contributed by atoms with Gasteiger partial charge in [-0.05, 0) is 26.3 Å². The minimum Gasteiger partial charge on any atom is -0.480 e. The van der Waals surface area contributed by atoms with Gasteiger partial charge in [0.15, 0.2) is 9.84 Å². The summed E-state index contributed by atoms with van der Waals surface area (Å²) < 4.78 is 28.2. The standard InChI is InChI=1S/C17H25NO6S2/c1-17(2,3)26(22,23)10-9-25-12-14(15(19)20)18-16(21)24-11-13-7-5-4-6-8-13/h4-8,14H,9-12H2,1-3H3,(H,18,21)(H,19,20). The Morgan fingerprint density at radius 2 is 1.85 bits per heavy atom. The lowest BCUT2D eigenvalue weighted by molar-refractivity contribution is -0.138. The van der Waals surface area contributed by atoms with E-state index < -0.39 is 32.7 Å². The monoisotopic (exact) mass is 403 g/mol. The molecule has 1 atom stereocenters. The number of carbonyl (C=O) groups is 2. The fourth-order valence-corrected chi connectivity index (χ4v) is 4.35. The van der Waals surface area contributed by atoms with Crippen LogP contribution in [0.1, 0.15) is 26.3 Å². The molecule has 0 aliphatic carbocycles. The van der Waals surface area contributed by atoms with Crippen LogP contribution in [0.25, 0.3) is 0 Å². The molecule has 0 fully saturated rings. The Balaban J connectivity index is 2.41. The zero-order valence-electron chi connectivity index (χ0n) is 15.1. The molecule has 0 aliphatic heterocycles. The van der Waals surface area contributed by atoms with Gasteiger partial charge in [0.2, 0.25) is 0 Å². The molecule has 1 aromatic carbocycles. The molecule has 26 heavy (non-hydrogen) atoms. The number of hydrogen-bond acceptors (Lipinski definition) is 6. The van der Waals surface area contributed by atoms with Gasteiger partial charge in [-0.1, -0.05) is 30.3 Å². The lowest BCUT2D eigenvalue weighted by Gasteiger charge is -2.19. The minimum atomic E-state index is -3.26. The van der Waals surface area contributed by atoms with Crippen LogP contribution < -0.4 is 5.32 Å². The molecule has 1 amide bonds. The molecule has 0 aliphatic rings. The number of alkyl carbamates (subject to hydrolysis) is 1. The predicted molar refractivity (Wildman–Crippen MR) is 102 cm³/mol. The van der Waals surface area contributed by atoms with Gasteiger partial charge in [-0.2, -0.15) is 11.8 Å². The Kier molecular flexibility index (Phi) is 8.42. The van der Waals surface area contributed by atoms with E-state index >= 15 is 0 Å². The van der Waals surface area contributed by atoms with Crippen LogP contribution in [0, 0.1) is 0 Å². The Hall–Kier alpha value is -1.74. The highest BCUT2D eigenvalue weighted by atomic mass is 32.2. The summed E-state index contributed by atoms with van der Waals surface area (Å²) in [4.78, 5) is 23.0. The highest BCUT2D eigenvalue weighted by molar-refractivity contribution is 8.00. The molecule has 0 heterocycles. The molecule has 1 unspecified atom stereocenters. The first-order chi connectivity index (χ1) is 12.0. The smallest absolute Gasteiger partial charge is 0.408 e. The second-order valence-corrected chi connectivity index (χ2v) is 10.6. The van der Waals surface area contributed by atoms with Crippen LogP contribution >= 0.6 is 11.8 Å². The first kappa shape index (κ1) is 22.3. The van der Waals surface area contributed by atoms with E-state index in [2.05, 4.69) is 5.32 Å². The molecule has 1 aromatic rings. The van der Waals surface area contributed by atoms with Crippen LogP contribution in [0.3, 0.4) is 0 Å². The molecule has 1 rings (SSSR count). The van der Waals surface area contributed by atoms with E-state index in [4.69, 9.17) is 4.74 Å². The van der Waals surface area contributed by atoms with Gasteiger partial charge < -0.3 is 15.2 Å². The summed E-state index contributed by atoms with van der Waals surface area (Å²) in [6.45, 7) is 4.90. The third kappa shape index (κ3) is 7.65. The van der Waals surface area contributed by atoms with Crippen molar-refractivity contribution in [1.82, 2.24) is 5.32 Å². The van der Waals surface area contributed by atoms with E-state index in [0.29, 0.717) is 0 Å². The second-order valence-electron chi connectivity index (χ2n) is 6.60. The number of carbonyl (C=O) groups excluding carboxylic acids is 1. The molecule has 0 saturated heterocycles. The molecule has 9 heteroatoms. The van der Waals surface area contributed by atoms with Gasteiger partial charge in [-0.15, -0.1) is 0 Å². The van der Waals surface area contributed by atoms with Crippen molar-refractivity contribution in [2.75, 3.05) is 17.3 Å². The molecule has 0 radical (unpaired) electrons. The number of carboxylic acid groups (broad SMARTS) is 1. The SMILES string of the molecule is CC(C)(C)S(=O)(=O)CCSCC(NC(=O)OCc1ccccc1)C(=O)O. The van der Waals surface area contributed by atoms with E-state index in [0.717, 1.165) is 17.3 Å². The molecule has 0 bridgehead atoms. The van der Waals surface area contributed by atoms with E-state index in [1.54, 1.807) is 45.0 Å². The normalized spacial score (nSPS) is 13.0. The highest BCUT2D eigenvalue weighted by Gasteiger charge is 2.28. The molecule has 0 saturated carbocycles. The van der Waals surface area contributed by atoms with Crippen molar-refractivity contribution in [1.29, 1.82) is 0 Å². The summed E-state index contributed by atoms with van der Waals surface area (Å²) in [6.07, 6.45) is -0.829. The van der Waals surface area contributed by atoms with Crippen molar-refractivity contribution in [3.8, 4) is 0 Å². The molecule has 146 valence electrons. The zero-order chi connectivity index (χ0) is 19.8. The number of rotatable bonds is 9. The Labute approximate surface area is 158 Å². The van der Waals surface area contributed by atoms with Gasteiger partial charge in [0, 0.05) is 11.5 Å². The fourth-order valence-electron chi connectivity index (χ4n) is 1.76. The summed E-state index contributed by atoms with van der Waals surface area (Å²) in [5, 5.41) is 11.5. The van der Waals surface area contributed by atoms with Crippen LogP contribution in [0.4, 0.5) is 4.79 Å². The van der Waals surface area contributed by atoms with Crippen LogP contribution in [-0.2, 0) is 26.0 Å². The highest BCUT2D eigenvalue weighted by Crippen LogP contribution is 2.17. The maximum Gasteiger partial charge on any atom is 0.408 e. The van der Waals surface area contributed by atoms with E-state index in [-0.39, 0.29) is 23.9 Å². The average molecular weight is 404 g/mol. The average Bonchev–Trinajstić information content (AvgIpc) is 2.55. The largest absolute Gasteiger partial charge is 0.480 e. The fraction of sp³-hybridized carbons (Fsp3) is 0.529. The molecule has 0 spiro atoms. The molecule has 2 N–H and O–H groups in total. The number of carboxylic acids is 1. The van der Waals surface area contributed by atoms with Crippen LogP contribution in [-0.4, -0.2) is 53.6 Å². The molecule has 0 aromatic heterocycles. The number of aliphatic carboxylic acids is 1. The van der Waals surface area contributed by atoms with Crippen LogP contribution in [0.15, 0.2) is 30.3 Å². The summed E-state index contributed by atoms with van der Waals surface area (Å²) in [6, 6.07) is 7.86. The van der Waals surface area contributed by atoms with Crippen molar-refractivity contribution in [3.63, 3.8) is 0 Å². The molecule has 7 nitrogen and oxygen atoms in total. The number of sulfone groups is 1. The Bertz CT molecular complexity index is 698. The lowest BCUT2D eigenvalue weighted by Crippen LogP contribution is -2.43. The quantitative estimate of drug-likeness (QED) is 0.609. The summed E-state index contributed by atoms with van der Waals surface area (Å²) in [5.74, 6) is -0.946. The number of amides is 1. The first-order valence-electron chi connectivity index (χ1n) is 8.03. The second kappa shape index (κ2) is 9.82. The number of thioether (sulfide) groups is 1. The molecular formula is C17H25NO6S2. The topological polar surface area (TPSA) is 110 Å². The Morgan fingerprint density at radius 1 is 1.23 bits per heavy atom. The number of ether oxygens (including phenoxy) is 1. The van der Waals surface area contributed by atoms with Gasteiger partial charge >= 0.3 is 12.1 Å². The van der Waals surface area contributed by atoms with Crippen molar-refractivity contribution in [2.45, 2.75) is 38.2 Å². The molecular weight excluding hydrogens is 378 g/mol. The first-order valence-corrected chi connectivity index (χ1v) is 10.8. The van der Waals surface area contributed by atoms with Crippen molar-refractivity contribution >= 4 is 33.7 Å². The third-order valence-corrected chi connectivity index (χ3v) is 7.44. The maximum absolute atomic E-state index is 12.0. The van der Waals surface area contributed by atoms with Crippen LogP contribution in [0.2, 0.25) is 0 Å². The van der Waals surface area contributed by atoms with Crippen LogP contribution in [0.5, 0.6) is 0 Å². The van der Waals surface area contributed by atoms with Gasteiger partial charge in [-0.3, -0.25) is 0 Å². The van der Waals surface area contributed by atoms with E-state index in [9.17, 15) is 23.1 Å². The van der Waals surface area contributed by atoms with E-state index in [1.807, 2.05) is 6.07 Å². The van der Waals surface area contributed by atoms with Gasteiger partial charge in [0.1, 0.15) is 12.6 Å². The minimum absolute atomic E-state index is 0.0377. The zero-order valence-corrected chi connectivity index (χ0v) is 16.7. The summed E-state index contributed by atoms with van der Waals surface area (Å²) in [5.41, 5.74) is 0.788. The third-order valence-electron chi connectivity index (χ3n) is 3.52. The summed E-state index contributed by atoms with van der Waals surface area (Å²) >= 11 is 1.16. The van der Waals surface area contributed by atoms with E-state index in [1.165, 1.54) is 0 Å². The van der Waals surface area contributed by atoms with Crippen molar-refractivity contribution < 1.29 is 27.9 Å². The Morgan fingerprint density at radius 3 is 2.38 bits per heavy atom. The van der Waals surface area contributed by atoms with Crippen molar-refractivity contribution in [3.05, 3.63) is 35.9 Å². The van der Waals surface area contributed by atoms with Gasteiger partial charge in [0.05, 0.1) is 10.5 Å². The predicted octanol–water partition coefficient (Wildman–Crippen LogP) is 2.31. The number of nitrogens with one attached hydrogen (secondary N) is 1. The van der Waals surface area contributed by atoms with Gasteiger partial charge in [0.25, 0.3) is 0 Å². The summed E-state index contributed by atoms with van der Waals surface area (Å²) in [7, 11) is -3.26. The number of benzene rings is 1. The van der Waals surface area contributed by atoms with Crippen molar-refractivity contribution in [2.24, 2.45) is 0 Å². The number of hydrogen-bond donors (Lipinski definition) is 2. The lowest BCUT2D eigenvalue weighted by atomic mass is 10.2.